The summed E-state index contributed by atoms with van der Waals surface area (Å²) in [5.41, 5.74) is -0.0576. The molecule has 146 valence electrons. The van der Waals surface area contributed by atoms with Crippen LogP contribution in [0, 0.1) is 5.92 Å². The lowest BCUT2D eigenvalue weighted by Crippen LogP contribution is -2.23. The second-order valence-electron chi connectivity index (χ2n) is 7.15. The van der Waals surface area contributed by atoms with Gasteiger partial charge in [-0.15, -0.1) is 0 Å². The summed E-state index contributed by atoms with van der Waals surface area (Å²) < 4.78 is 1.68. The molecule has 1 aliphatic carbocycles. The summed E-state index contributed by atoms with van der Waals surface area (Å²) in [5, 5.41) is 17.4. The van der Waals surface area contributed by atoms with E-state index >= 15 is 0 Å². The Bertz CT molecular complexity index is 1020. The summed E-state index contributed by atoms with van der Waals surface area (Å²) >= 11 is 0. The number of anilines is 3. The largest absolute Gasteiger partial charge is 0.396 e. The molecule has 0 aromatic carbocycles. The van der Waals surface area contributed by atoms with Gasteiger partial charge in [-0.1, -0.05) is 0 Å². The van der Waals surface area contributed by atoms with Crippen molar-refractivity contribution in [2.45, 2.75) is 38.8 Å². The number of nitrogens with zero attached hydrogens (tertiary/aromatic N) is 4. The molecule has 0 aliphatic heterocycles. The maximum atomic E-state index is 12.9. The zero-order valence-corrected chi connectivity index (χ0v) is 15.8. The molecule has 0 bridgehead atoms. The van der Waals surface area contributed by atoms with E-state index in [-0.39, 0.29) is 18.2 Å². The molecule has 1 aliphatic rings. The Hall–Kier alpha value is -3.00. The van der Waals surface area contributed by atoms with Crippen LogP contribution in [-0.4, -0.2) is 37.3 Å². The molecule has 1 saturated carbocycles. The van der Waals surface area contributed by atoms with Crippen LogP contribution in [-0.2, 0) is 6.54 Å². The van der Waals surface area contributed by atoms with Gasteiger partial charge in [0.15, 0.2) is 0 Å². The summed E-state index contributed by atoms with van der Waals surface area (Å²) in [6, 6.07) is 3.97. The monoisotopic (exact) mass is 380 g/mol. The Balaban J connectivity index is 1.75. The second kappa shape index (κ2) is 7.93. The minimum atomic E-state index is -0.0576. The molecule has 0 saturated heterocycles. The lowest BCUT2D eigenvalue weighted by molar-refractivity contribution is 0.229. The third kappa shape index (κ3) is 3.68. The van der Waals surface area contributed by atoms with Crippen LogP contribution in [0.25, 0.3) is 10.8 Å². The highest BCUT2D eigenvalue weighted by atomic mass is 16.3. The highest BCUT2D eigenvalue weighted by Gasteiger charge is 2.25. The molecule has 0 spiro atoms. The van der Waals surface area contributed by atoms with Gasteiger partial charge in [0, 0.05) is 37.8 Å². The van der Waals surface area contributed by atoms with E-state index in [1.54, 1.807) is 29.4 Å². The van der Waals surface area contributed by atoms with Crippen molar-refractivity contribution in [1.29, 1.82) is 0 Å². The summed E-state index contributed by atoms with van der Waals surface area (Å²) in [7, 11) is 0. The van der Waals surface area contributed by atoms with E-state index in [1.807, 2.05) is 19.1 Å². The third-order valence-electron chi connectivity index (χ3n) is 5.26. The Morgan fingerprint density at radius 2 is 2.18 bits per heavy atom. The normalized spacial score (nSPS) is 19.1. The molecule has 4 rings (SSSR count). The van der Waals surface area contributed by atoms with Gasteiger partial charge in [-0.2, -0.15) is 0 Å². The summed E-state index contributed by atoms with van der Waals surface area (Å²) in [6.07, 6.45) is 9.44. The molecule has 3 aromatic rings. The first-order chi connectivity index (χ1) is 13.7. The fraction of sp³-hybridized carbons (Fsp3) is 0.400. The number of fused-ring (bicyclic) bond motifs is 1. The Labute approximate surface area is 162 Å². The maximum Gasteiger partial charge on any atom is 0.262 e. The van der Waals surface area contributed by atoms with Crippen molar-refractivity contribution in [2.75, 3.05) is 17.2 Å². The quantitative estimate of drug-likeness (QED) is 0.603. The van der Waals surface area contributed by atoms with Crippen LogP contribution >= 0.6 is 0 Å². The first-order valence-corrected chi connectivity index (χ1v) is 9.62. The van der Waals surface area contributed by atoms with Gasteiger partial charge in [-0.3, -0.25) is 9.78 Å². The van der Waals surface area contributed by atoms with Crippen LogP contribution < -0.4 is 16.2 Å². The molecule has 3 aromatic heterocycles. The first-order valence-electron chi connectivity index (χ1n) is 9.62. The molecule has 8 nitrogen and oxygen atoms in total. The average Bonchev–Trinajstić information content (AvgIpc) is 3.16. The summed E-state index contributed by atoms with van der Waals surface area (Å²) in [6.45, 7) is 2.74. The maximum absolute atomic E-state index is 12.9. The number of hydrogen-bond donors (Lipinski definition) is 3. The number of hydrogen-bond acceptors (Lipinski definition) is 7. The Morgan fingerprint density at radius 1 is 1.29 bits per heavy atom. The number of rotatable bonds is 6. The Morgan fingerprint density at radius 3 is 2.89 bits per heavy atom. The van der Waals surface area contributed by atoms with Crippen LogP contribution in [0.3, 0.4) is 0 Å². The van der Waals surface area contributed by atoms with Crippen molar-refractivity contribution in [1.82, 2.24) is 19.5 Å². The summed E-state index contributed by atoms with van der Waals surface area (Å²) in [5.74, 6) is 2.06. The molecule has 2 atom stereocenters. The fourth-order valence-electron chi connectivity index (χ4n) is 3.78. The smallest absolute Gasteiger partial charge is 0.262 e. The van der Waals surface area contributed by atoms with Crippen molar-refractivity contribution in [3.05, 3.63) is 47.3 Å². The van der Waals surface area contributed by atoms with Crippen molar-refractivity contribution in [3.63, 3.8) is 0 Å². The SMILES string of the molecule is CCn1ccc2cc(Nc3cnccn3)nc(N[C@@H]3CC[C@@H](CO)C3)c2c1=O. The second-order valence-corrected chi connectivity index (χ2v) is 7.15. The average molecular weight is 380 g/mol. The van der Waals surface area contributed by atoms with Gasteiger partial charge in [-0.25, -0.2) is 9.97 Å². The van der Waals surface area contributed by atoms with Crippen LogP contribution in [0.2, 0.25) is 0 Å². The predicted octanol–water partition coefficient (Wildman–Crippen LogP) is 2.52. The van der Waals surface area contributed by atoms with Crippen molar-refractivity contribution in [2.24, 2.45) is 5.92 Å². The van der Waals surface area contributed by atoms with Crippen molar-refractivity contribution in [3.8, 4) is 0 Å². The number of aryl methyl sites for hydroxylation is 1. The van der Waals surface area contributed by atoms with E-state index in [0.717, 1.165) is 24.6 Å². The highest BCUT2D eigenvalue weighted by Crippen LogP contribution is 2.30. The van der Waals surface area contributed by atoms with E-state index < -0.39 is 0 Å². The minimum Gasteiger partial charge on any atom is -0.396 e. The van der Waals surface area contributed by atoms with Gasteiger partial charge in [0.2, 0.25) is 0 Å². The number of aliphatic hydroxyl groups is 1. The van der Waals surface area contributed by atoms with Crippen LogP contribution in [0.15, 0.2) is 41.7 Å². The van der Waals surface area contributed by atoms with Gasteiger partial charge in [-0.05, 0) is 49.6 Å². The van der Waals surface area contributed by atoms with Crippen LogP contribution in [0.4, 0.5) is 17.5 Å². The minimum absolute atomic E-state index is 0.0576. The van der Waals surface area contributed by atoms with Crippen LogP contribution in [0.5, 0.6) is 0 Å². The standard InChI is InChI=1S/C20H24N6O2/c1-2-26-8-5-14-10-16(24-17-11-21-6-7-22-17)25-19(18(14)20(26)28)23-15-4-3-13(9-15)12-27/h5-8,10-11,13,15,27H,2-4,9,12H2,1H3,(H2,22,23,24,25)/t13-,15-/m1/s1. The van der Waals surface area contributed by atoms with E-state index in [1.165, 1.54) is 0 Å². The van der Waals surface area contributed by atoms with E-state index in [2.05, 4.69) is 25.6 Å². The lowest BCUT2D eigenvalue weighted by Gasteiger charge is -2.17. The highest BCUT2D eigenvalue weighted by molar-refractivity contribution is 5.93. The lowest BCUT2D eigenvalue weighted by atomic mass is 10.1. The molecule has 1 fully saturated rings. The fourth-order valence-corrected chi connectivity index (χ4v) is 3.78. The van der Waals surface area contributed by atoms with Gasteiger partial charge in [0.1, 0.15) is 17.5 Å². The van der Waals surface area contributed by atoms with Gasteiger partial charge in [0.05, 0.1) is 11.6 Å². The number of pyridine rings is 2. The van der Waals surface area contributed by atoms with E-state index in [4.69, 9.17) is 0 Å². The first kappa shape index (κ1) is 18.4. The molecule has 28 heavy (non-hydrogen) atoms. The van der Waals surface area contributed by atoms with E-state index in [0.29, 0.717) is 35.3 Å². The zero-order valence-electron chi connectivity index (χ0n) is 15.8. The molecule has 3 N–H and O–H groups in total. The predicted molar refractivity (Wildman–Crippen MR) is 109 cm³/mol. The van der Waals surface area contributed by atoms with Crippen molar-refractivity contribution >= 4 is 28.2 Å². The Kier molecular flexibility index (Phi) is 5.21. The molecular formula is C20H24N6O2. The molecule has 0 unspecified atom stereocenters. The molecule has 0 amide bonds. The van der Waals surface area contributed by atoms with Gasteiger partial charge in [0.25, 0.3) is 5.56 Å². The van der Waals surface area contributed by atoms with Gasteiger partial charge >= 0.3 is 0 Å². The van der Waals surface area contributed by atoms with Crippen LogP contribution in [0.1, 0.15) is 26.2 Å². The summed E-state index contributed by atoms with van der Waals surface area (Å²) in [4.78, 5) is 25.9. The van der Waals surface area contributed by atoms with E-state index in [9.17, 15) is 9.90 Å². The molecular weight excluding hydrogens is 356 g/mol. The topological polar surface area (TPSA) is 105 Å². The number of aromatic nitrogens is 4. The van der Waals surface area contributed by atoms with Gasteiger partial charge < -0.3 is 20.3 Å². The third-order valence-corrected chi connectivity index (χ3v) is 5.26. The molecule has 0 radical (unpaired) electrons. The molecule has 8 heteroatoms. The number of nitrogens with one attached hydrogen (secondary N) is 2. The zero-order chi connectivity index (χ0) is 19.5. The number of aliphatic hydroxyl groups excluding tert-OH is 1. The van der Waals surface area contributed by atoms with Crippen molar-refractivity contribution < 1.29 is 5.11 Å². The molecule has 3 heterocycles.